The largest absolute Gasteiger partial charge is 0.384 e. The van der Waals surface area contributed by atoms with Crippen LogP contribution in [0.25, 0.3) is 0 Å². The number of hydrogen-bond acceptors (Lipinski definition) is 2. The molecule has 0 amide bonds. The predicted octanol–water partition coefficient (Wildman–Crippen LogP) is 3.86. The van der Waals surface area contributed by atoms with Gasteiger partial charge in [0.2, 0.25) is 0 Å². The predicted molar refractivity (Wildman–Crippen MR) is 82.0 cm³/mol. The fourth-order valence-electron chi connectivity index (χ4n) is 2.79. The Morgan fingerprint density at radius 2 is 1.90 bits per heavy atom. The average molecular weight is 270 g/mol. The third-order valence-electron chi connectivity index (χ3n) is 4.02. The van der Waals surface area contributed by atoms with Crippen LogP contribution in [-0.4, -0.2) is 20.1 Å². The Hall–Kier alpha value is -2.03. The Morgan fingerprint density at radius 1 is 1.15 bits per heavy atom. The maximum Gasteiger partial charge on any atom is 0.123 e. The highest BCUT2D eigenvalue weighted by molar-refractivity contribution is 5.57. The van der Waals surface area contributed by atoms with Crippen molar-refractivity contribution < 1.29 is 4.39 Å². The molecule has 0 saturated heterocycles. The molecule has 3 heteroatoms. The first-order valence-electron chi connectivity index (χ1n) is 7.03. The summed E-state index contributed by atoms with van der Waals surface area (Å²) in [5, 5.41) is 3.45. The highest BCUT2D eigenvalue weighted by Gasteiger charge is 2.21. The Bertz CT molecular complexity index is 580. The van der Waals surface area contributed by atoms with Crippen molar-refractivity contribution in [3.05, 3.63) is 59.9 Å². The third-order valence-corrected chi connectivity index (χ3v) is 4.02. The van der Waals surface area contributed by atoms with E-state index in [9.17, 15) is 4.39 Å². The highest BCUT2D eigenvalue weighted by atomic mass is 19.1. The summed E-state index contributed by atoms with van der Waals surface area (Å²) in [6.07, 6.45) is 1.10. The van der Waals surface area contributed by atoms with E-state index in [0.717, 1.165) is 25.2 Å². The molecule has 104 valence electrons. The maximum absolute atomic E-state index is 12.9. The van der Waals surface area contributed by atoms with Gasteiger partial charge in [-0.3, -0.25) is 0 Å². The molecule has 1 aliphatic heterocycles. The summed E-state index contributed by atoms with van der Waals surface area (Å²) < 4.78 is 12.9. The summed E-state index contributed by atoms with van der Waals surface area (Å²) in [7, 11) is 2.06. The number of anilines is 2. The van der Waals surface area contributed by atoms with Crippen LogP contribution in [-0.2, 0) is 0 Å². The molecule has 0 saturated carbocycles. The van der Waals surface area contributed by atoms with Crippen molar-refractivity contribution in [1.82, 2.24) is 0 Å². The van der Waals surface area contributed by atoms with Crippen LogP contribution in [0.1, 0.15) is 17.9 Å². The number of benzene rings is 2. The van der Waals surface area contributed by atoms with Gasteiger partial charge in [0.05, 0.1) is 0 Å². The molecule has 1 atom stereocenters. The van der Waals surface area contributed by atoms with E-state index >= 15 is 0 Å². The summed E-state index contributed by atoms with van der Waals surface area (Å²) in [5.41, 5.74) is 3.74. The van der Waals surface area contributed by atoms with Crippen molar-refractivity contribution in [2.45, 2.75) is 12.3 Å². The topological polar surface area (TPSA) is 15.3 Å². The second-order valence-electron chi connectivity index (χ2n) is 5.35. The fourth-order valence-corrected chi connectivity index (χ4v) is 2.79. The fraction of sp³-hybridized carbons (Fsp3) is 0.294. The summed E-state index contributed by atoms with van der Waals surface area (Å²) in [5.74, 6) is 0.380. The minimum atomic E-state index is -0.184. The van der Waals surface area contributed by atoms with Crippen LogP contribution in [0.15, 0.2) is 48.5 Å². The van der Waals surface area contributed by atoms with Crippen molar-refractivity contribution in [1.29, 1.82) is 0 Å². The quantitative estimate of drug-likeness (QED) is 0.907. The van der Waals surface area contributed by atoms with Crippen molar-refractivity contribution in [3.8, 4) is 0 Å². The van der Waals surface area contributed by atoms with E-state index in [2.05, 4.69) is 41.5 Å². The van der Waals surface area contributed by atoms with Crippen LogP contribution < -0.4 is 10.2 Å². The molecule has 3 rings (SSSR count). The number of hydrogen-bond donors (Lipinski definition) is 1. The second-order valence-corrected chi connectivity index (χ2v) is 5.35. The summed E-state index contributed by atoms with van der Waals surface area (Å²) in [6.45, 7) is 1.98. The molecule has 0 bridgehead atoms. The van der Waals surface area contributed by atoms with E-state index in [0.29, 0.717) is 5.92 Å². The maximum atomic E-state index is 12.9. The SMILES string of the molecule is CN(CCC1CNc2ccccc21)c1ccc(F)cc1. The van der Waals surface area contributed by atoms with Crippen LogP contribution in [0.5, 0.6) is 0 Å². The molecular weight excluding hydrogens is 251 g/mol. The van der Waals surface area contributed by atoms with Gasteiger partial charge >= 0.3 is 0 Å². The number of halogens is 1. The first-order valence-corrected chi connectivity index (χ1v) is 7.03. The van der Waals surface area contributed by atoms with Gasteiger partial charge in [-0.2, -0.15) is 0 Å². The van der Waals surface area contributed by atoms with Crippen molar-refractivity contribution in [3.63, 3.8) is 0 Å². The van der Waals surface area contributed by atoms with Gasteiger partial charge < -0.3 is 10.2 Å². The number of rotatable bonds is 4. The number of fused-ring (bicyclic) bond motifs is 1. The zero-order valence-corrected chi connectivity index (χ0v) is 11.6. The van der Waals surface area contributed by atoms with Crippen molar-refractivity contribution in [2.24, 2.45) is 0 Å². The normalized spacial score (nSPS) is 16.6. The van der Waals surface area contributed by atoms with E-state index < -0.39 is 0 Å². The molecule has 2 aromatic carbocycles. The first kappa shape index (κ1) is 13.0. The highest BCUT2D eigenvalue weighted by Crippen LogP contribution is 2.33. The molecule has 2 nitrogen and oxygen atoms in total. The van der Waals surface area contributed by atoms with Gasteiger partial charge in [0.1, 0.15) is 5.82 Å². The molecule has 1 heterocycles. The smallest absolute Gasteiger partial charge is 0.123 e. The zero-order chi connectivity index (χ0) is 13.9. The summed E-state index contributed by atoms with van der Waals surface area (Å²) >= 11 is 0. The second kappa shape index (κ2) is 5.53. The molecule has 0 aromatic heterocycles. The van der Waals surface area contributed by atoms with Crippen LogP contribution in [0, 0.1) is 5.82 Å². The Kier molecular flexibility index (Phi) is 3.59. The first-order chi connectivity index (χ1) is 9.74. The van der Waals surface area contributed by atoms with E-state index in [1.165, 1.54) is 23.4 Å². The lowest BCUT2D eigenvalue weighted by Crippen LogP contribution is -2.21. The minimum Gasteiger partial charge on any atom is -0.384 e. The summed E-state index contributed by atoms with van der Waals surface area (Å²) in [6, 6.07) is 15.2. The Morgan fingerprint density at radius 3 is 2.70 bits per heavy atom. The van der Waals surface area contributed by atoms with Crippen LogP contribution in [0.4, 0.5) is 15.8 Å². The molecule has 0 radical (unpaired) electrons. The van der Waals surface area contributed by atoms with Gasteiger partial charge in [0.15, 0.2) is 0 Å². The van der Waals surface area contributed by atoms with Crippen molar-refractivity contribution >= 4 is 11.4 Å². The Labute approximate surface area is 119 Å². The third kappa shape index (κ3) is 2.62. The number of para-hydroxylation sites is 1. The van der Waals surface area contributed by atoms with Crippen molar-refractivity contribution in [2.75, 3.05) is 30.4 Å². The molecule has 0 spiro atoms. The average Bonchev–Trinajstić information content (AvgIpc) is 2.89. The molecule has 2 aromatic rings. The van der Waals surface area contributed by atoms with E-state index in [-0.39, 0.29) is 5.82 Å². The van der Waals surface area contributed by atoms with Gasteiger partial charge in [-0.25, -0.2) is 4.39 Å². The van der Waals surface area contributed by atoms with Gasteiger partial charge in [0, 0.05) is 37.4 Å². The van der Waals surface area contributed by atoms with Gasteiger partial charge in [-0.1, -0.05) is 18.2 Å². The van der Waals surface area contributed by atoms with Crippen LogP contribution >= 0.6 is 0 Å². The zero-order valence-electron chi connectivity index (χ0n) is 11.6. The molecule has 0 aliphatic carbocycles. The molecular formula is C17H19FN2. The lowest BCUT2D eigenvalue weighted by Gasteiger charge is -2.21. The summed E-state index contributed by atoms with van der Waals surface area (Å²) in [4.78, 5) is 2.18. The molecule has 0 fully saturated rings. The van der Waals surface area contributed by atoms with Gasteiger partial charge in [-0.05, 0) is 42.3 Å². The number of nitrogens with zero attached hydrogens (tertiary/aromatic N) is 1. The molecule has 1 aliphatic rings. The minimum absolute atomic E-state index is 0.184. The standard InChI is InChI=1S/C17H19FN2/c1-20(15-8-6-14(18)7-9-15)11-10-13-12-19-17-5-3-2-4-16(13)17/h2-9,13,19H,10-12H2,1H3. The number of nitrogens with one attached hydrogen (secondary N) is 1. The Balaban J connectivity index is 1.62. The van der Waals surface area contributed by atoms with Crippen LogP contribution in [0.3, 0.4) is 0 Å². The van der Waals surface area contributed by atoms with Gasteiger partial charge in [0.25, 0.3) is 0 Å². The van der Waals surface area contributed by atoms with Gasteiger partial charge in [-0.15, -0.1) is 0 Å². The molecule has 1 unspecified atom stereocenters. The van der Waals surface area contributed by atoms with E-state index in [4.69, 9.17) is 0 Å². The van der Waals surface area contributed by atoms with E-state index in [1.807, 2.05) is 12.1 Å². The lowest BCUT2D eigenvalue weighted by atomic mass is 9.98. The molecule has 20 heavy (non-hydrogen) atoms. The monoisotopic (exact) mass is 270 g/mol. The van der Waals surface area contributed by atoms with Crippen LogP contribution in [0.2, 0.25) is 0 Å². The molecule has 1 N–H and O–H groups in total. The van der Waals surface area contributed by atoms with E-state index in [1.54, 1.807) is 0 Å². The lowest BCUT2D eigenvalue weighted by molar-refractivity contribution is 0.627.